The maximum Gasteiger partial charge on any atom is 0.347 e. The second kappa shape index (κ2) is 6.48. The molecule has 2 aromatic heterocycles. The molecule has 23 heavy (non-hydrogen) atoms. The molecular weight excluding hydrogens is 296 g/mol. The number of ether oxygens (including phenoxy) is 2. The summed E-state index contributed by atoms with van der Waals surface area (Å²) < 4.78 is 15.6. The van der Waals surface area contributed by atoms with E-state index in [2.05, 4.69) is 10.1 Å². The van der Waals surface area contributed by atoms with Gasteiger partial charge in [0.05, 0.1) is 12.3 Å². The number of carbonyl (C=O) groups excluding carboxylic acids is 1. The smallest absolute Gasteiger partial charge is 0.347 e. The first-order chi connectivity index (χ1) is 11.2. The number of fused-ring (bicyclic) bond motifs is 1. The number of esters is 1. The lowest BCUT2D eigenvalue weighted by atomic mass is 10.1. The zero-order valence-electron chi connectivity index (χ0n) is 12.9. The largest absolute Gasteiger partial charge is 0.463 e. The van der Waals surface area contributed by atoms with Gasteiger partial charge in [-0.05, 0) is 31.1 Å². The van der Waals surface area contributed by atoms with E-state index < -0.39 is 12.1 Å². The molecule has 0 saturated heterocycles. The van der Waals surface area contributed by atoms with Crippen molar-refractivity contribution in [3.63, 3.8) is 0 Å². The summed E-state index contributed by atoms with van der Waals surface area (Å²) in [7, 11) is 0. The molecule has 6 nitrogen and oxygen atoms in total. The summed E-state index contributed by atoms with van der Waals surface area (Å²) in [6, 6.07) is 13.4. The van der Waals surface area contributed by atoms with Crippen LogP contribution in [0.3, 0.4) is 0 Å². The number of hydrogen-bond acceptors (Lipinski definition) is 6. The van der Waals surface area contributed by atoms with Crippen molar-refractivity contribution in [3.8, 4) is 17.1 Å². The number of rotatable bonds is 5. The molecule has 0 fully saturated rings. The molecule has 6 heteroatoms. The Hall–Kier alpha value is -2.89. The highest BCUT2D eigenvalue weighted by Gasteiger charge is 2.20. The quantitative estimate of drug-likeness (QED) is 0.673. The van der Waals surface area contributed by atoms with Crippen LogP contribution < -0.4 is 4.74 Å². The summed E-state index contributed by atoms with van der Waals surface area (Å²) in [5.74, 6) is -0.217. The maximum atomic E-state index is 11.6. The zero-order chi connectivity index (χ0) is 16.2. The lowest BCUT2D eigenvalue weighted by molar-refractivity contribution is -0.150. The average molecular weight is 312 g/mol. The number of benzene rings is 1. The molecule has 1 atom stereocenters. The number of nitrogens with zero attached hydrogens (tertiary/aromatic N) is 2. The zero-order valence-corrected chi connectivity index (χ0v) is 12.9. The normalized spacial score (nSPS) is 12.1. The van der Waals surface area contributed by atoms with Gasteiger partial charge in [0, 0.05) is 5.56 Å². The fourth-order valence-electron chi connectivity index (χ4n) is 2.14. The predicted octanol–water partition coefficient (Wildman–Crippen LogP) is 3.22. The molecule has 0 radical (unpaired) electrons. The highest BCUT2D eigenvalue weighted by molar-refractivity contribution is 5.82. The van der Waals surface area contributed by atoms with Gasteiger partial charge in [-0.2, -0.15) is 0 Å². The van der Waals surface area contributed by atoms with Crippen molar-refractivity contribution >= 4 is 17.1 Å². The molecule has 0 N–H and O–H groups in total. The van der Waals surface area contributed by atoms with Gasteiger partial charge in [-0.15, -0.1) is 0 Å². The third-order valence-electron chi connectivity index (χ3n) is 3.28. The Morgan fingerprint density at radius 1 is 1.22 bits per heavy atom. The Balaban J connectivity index is 1.86. The highest BCUT2D eigenvalue weighted by atomic mass is 16.6. The predicted molar refractivity (Wildman–Crippen MR) is 84.0 cm³/mol. The van der Waals surface area contributed by atoms with Crippen LogP contribution in [0, 0.1) is 0 Å². The van der Waals surface area contributed by atoms with Crippen LogP contribution in [0.2, 0.25) is 0 Å². The first-order valence-electron chi connectivity index (χ1n) is 7.34. The molecular formula is C17H16N2O4. The van der Waals surface area contributed by atoms with Crippen LogP contribution in [0.1, 0.15) is 13.8 Å². The molecule has 0 aliphatic carbocycles. The van der Waals surface area contributed by atoms with Crippen LogP contribution in [0.25, 0.3) is 22.4 Å². The number of aromatic nitrogens is 2. The van der Waals surface area contributed by atoms with Gasteiger partial charge in [0.15, 0.2) is 6.10 Å². The van der Waals surface area contributed by atoms with E-state index in [0.717, 1.165) is 11.3 Å². The van der Waals surface area contributed by atoms with E-state index >= 15 is 0 Å². The Bertz CT molecular complexity index is 814. The van der Waals surface area contributed by atoms with Crippen molar-refractivity contribution in [2.75, 3.05) is 6.61 Å². The Morgan fingerprint density at radius 2 is 2.00 bits per heavy atom. The van der Waals surface area contributed by atoms with Crippen molar-refractivity contribution in [2.24, 2.45) is 0 Å². The van der Waals surface area contributed by atoms with Gasteiger partial charge in [-0.25, -0.2) is 9.78 Å². The molecule has 1 unspecified atom stereocenters. The van der Waals surface area contributed by atoms with E-state index in [0.29, 0.717) is 17.7 Å². The summed E-state index contributed by atoms with van der Waals surface area (Å²) in [5, 5.41) is 4.46. The minimum absolute atomic E-state index is 0.229. The van der Waals surface area contributed by atoms with Crippen LogP contribution in [-0.4, -0.2) is 28.8 Å². The SMILES string of the molecule is CCOC(=O)C(C)Oc1noc2nc(-c3ccccc3)ccc12. The first-order valence-corrected chi connectivity index (χ1v) is 7.34. The van der Waals surface area contributed by atoms with E-state index in [4.69, 9.17) is 14.0 Å². The molecule has 0 bridgehead atoms. The molecule has 0 spiro atoms. The van der Waals surface area contributed by atoms with Crippen molar-refractivity contribution < 1.29 is 18.8 Å². The number of hydrogen-bond donors (Lipinski definition) is 0. The van der Waals surface area contributed by atoms with E-state index in [1.165, 1.54) is 0 Å². The summed E-state index contributed by atoms with van der Waals surface area (Å²) >= 11 is 0. The van der Waals surface area contributed by atoms with Crippen LogP contribution >= 0.6 is 0 Å². The number of pyridine rings is 1. The average Bonchev–Trinajstić information content (AvgIpc) is 2.98. The van der Waals surface area contributed by atoms with Crippen molar-refractivity contribution in [2.45, 2.75) is 20.0 Å². The van der Waals surface area contributed by atoms with Gasteiger partial charge in [-0.1, -0.05) is 30.3 Å². The third kappa shape index (κ3) is 3.15. The van der Waals surface area contributed by atoms with E-state index in [1.54, 1.807) is 13.8 Å². The molecule has 0 amide bonds. The van der Waals surface area contributed by atoms with Crippen LogP contribution in [0.5, 0.6) is 5.88 Å². The molecule has 2 heterocycles. The van der Waals surface area contributed by atoms with Crippen LogP contribution in [0.15, 0.2) is 47.0 Å². The summed E-state index contributed by atoms with van der Waals surface area (Å²) in [6.07, 6.45) is -0.767. The van der Waals surface area contributed by atoms with Crippen LogP contribution in [0.4, 0.5) is 0 Å². The summed E-state index contributed by atoms with van der Waals surface area (Å²) in [5.41, 5.74) is 2.12. The van der Waals surface area contributed by atoms with E-state index in [1.807, 2.05) is 42.5 Å². The number of carbonyl (C=O) groups is 1. The fourth-order valence-corrected chi connectivity index (χ4v) is 2.14. The lowest BCUT2D eigenvalue weighted by Gasteiger charge is -2.10. The van der Waals surface area contributed by atoms with Gasteiger partial charge >= 0.3 is 5.97 Å². The second-order valence-electron chi connectivity index (χ2n) is 4.92. The first kappa shape index (κ1) is 15.0. The van der Waals surface area contributed by atoms with Gasteiger partial charge in [0.25, 0.3) is 11.6 Å². The van der Waals surface area contributed by atoms with E-state index in [-0.39, 0.29) is 5.88 Å². The summed E-state index contributed by atoms with van der Waals surface area (Å²) in [4.78, 5) is 16.1. The molecule has 0 aliphatic heterocycles. The Labute approximate surface area is 133 Å². The standard InChI is InChI=1S/C17H16N2O4/c1-3-21-17(20)11(2)22-16-13-9-10-14(18-15(13)23-19-16)12-7-5-4-6-8-12/h4-11H,3H2,1-2H3. The van der Waals surface area contributed by atoms with Crippen molar-refractivity contribution in [3.05, 3.63) is 42.5 Å². The lowest BCUT2D eigenvalue weighted by Crippen LogP contribution is -2.26. The molecule has 3 rings (SSSR count). The monoisotopic (exact) mass is 312 g/mol. The van der Waals surface area contributed by atoms with Gasteiger partial charge in [-0.3, -0.25) is 0 Å². The highest BCUT2D eigenvalue weighted by Crippen LogP contribution is 2.27. The minimum atomic E-state index is -0.767. The Kier molecular flexibility index (Phi) is 4.23. The Morgan fingerprint density at radius 3 is 2.74 bits per heavy atom. The molecule has 1 aromatic carbocycles. The van der Waals surface area contributed by atoms with Gasteiger partial charge < -0.3 is 14.0 Å². The fraction of sp³-hybridized carbons (Fsp3) is 0.235. The van der Waals surface area contributed by atoms with Crippen LogP contribution in [-0.2, 0) is 9.53 Å². The second-order valence-corrected chi connectivity index (χ2v) is 4.92. The third-order valence-corrected chi connectivity index (χ3v) is 3.28. The van der Waals surface area contributed by atoms with Gasteiger partial charge in [0.1, 0.15) is 5.39 Å². The molecule has 0 saturated carbocycles. The topological polar surface area (TPSA) is 74.5 Å². The molecule has 3 aromatic rings. The summed E-state index contributed by atoms with van der Waals surface area (Å²) in [6.45, 7) is 3.64. The van der Waals surface area contributed by atoms with Crippen molar-refractivity contribution in [1.82, 2.24) is 10.1 Å². The molecule has 0 aliphatic rings. The van der Waals surface area contributed by atoms with Crippen molar-refractivity contribution in [1.29, 1.82) is 0 Å². The minimum Gasteiger partial charge on any atom is -0.463 e. The van der Waals surface area contributed by atoms with Gasteiger partial charge in [0.2, 0.25) is 0 Å². The maximum absolute atomic E-state index is 11.6. The van der Waals surface area contributed by atoms with E-state index in [9.17, 15) is 4.79 Å². The molecule has 118 valence electrons.